The molecule has 0 radical (unpaired) electrons. The van der Waals surface area contributed by atoms with Crippen molar-refractivity contribution in [3.63, 3.8) is 0 Å². The second-order valence-electron chi connectivity index (χ2n) is 2.70. The smallest absolute Gasteiger partial charge is 0.205 e. The van der Waals surface area contributed by atoms with Crippen LogP contribution in [0.3, 0.4) is 0 Å². The van der Waals surface area contributed by atoms with Gasteiger partial charge in [0.25, 0.3) is 20.0 Å². The highest BCUT2D eigenvalue weighted by Crippen LogP contribution is 2.53. The van der Waals surface area contributed by atoms with Gasteiger partial charge >= 0.3 is 16.4 Å². The average molecular weight is 309 g/mol. The molecule has 0 unspecified atom stereocenters. The largest absolute Gasteiger partial charge is 0.429 e. The zero-order valence-electron chi connectivity index (χ0n) is 6.72. The Labute approximate surface area is 91.9 Å². The van der Waals surface area contributed by atoms with Gasteiger partial charge in [-0.05, 0) is 0 Å². The monoisotopic (exact) mass is 309 g/mol. The van der Waals surface area contributed by atoms with Gasteiger partial charge in [0.1, 0.15) is 0 Å². The van der Waals surface area contributed by atoms with E-state index in [0.29, 0.717) is 0 Å². The van der Waals surface area contributed by atoms with Gasteiger partial charge in [-0.3, -0.25) is 0 Å². The predicted octanol–water partition coefficient (Wildman–Crippen LogP) is 0.706. The fourth-order valence-corrected chi connectivity index (χ4v) is 3.74. The average Bonchev–Trinajstić information content (AvgIpc) is 1.98. The van der Waals surface area contributed by atoms with E-state index >= 15 is 0 Å². The maximum Gasteiger partial charge on any atom is 0.429 e. The molecule has 0 aromatic heterocycles. The van der Waals surface area contributed by atoms with Crippen molar-refractivity contribution in [3.05, 3.63) is 0 Å². The third-order valence-corrected chi connectivity index (χ3v) is 5.24. The van der Waals surface area contributed by atoms with E-state index in [1.54, 1.807) is 0 Å². The Morgan fingerprint density at radius 2 is 0.941 bits per heavy atom. The number of hydrogen-bond acceptors (Lipinski definition) is 4. The molecule has 1 aliphatic rings. The van der Waals surface area contributed by atoms with Crippen molar-refractivity contribution >= 4 is 20.0 Å². The molecule has 0 bridgehead atoms. The zero-order valence-corrected chi connectivity index (χ0v) is 8.35. The Kier molecular flexibility index (Phi) is 3.36. The number of hydrogen-bond donors (Lipinski definition) is 1. The molecule has 0 aromatic rings. The van der Waals surface area contributed by atoms with Crippen LogP contribution < -0.4 is 4.13 Å². The Hall–Kier alpha value is -0.560. The van der Waals surface area contributed by atoms with Crippen molar-refractivity contribution < 1.29 is 43.2 Å². The van der Waals surface area contributed by atoms with Crippen LogP contribution in [0, 0.1) is 0 Å². The summed E-state index contributed by atoms with van der Waals surface area (Å²) in [4.78, 5) is 0. The van der Waals surface area contributed by atoms with Crippen LogP contribution in [0.15, 0.2) is 0 Å². The molecule has 1 N–H and O–H groups in total. The minimum atomic E-state index is -6.57. The molecule has 1 rings (SSSR count). The Bertz CT molecular complexity index is 476. The van der Waals surface area contributed by atoms with Crippen molar-refractivity contribution in [2.75, 3.05) is 0 Å². The van der Waals surface area contributed by atoms with E-state index in [9.17, 15) is 43.2 Å². The molecule has 0 aromatic carbocycles. The summed E-state index contributed by atoms with van der Waals surface area (Å²) in [7, 11) is -12.9. The topological polar surface area (TPSA) is 80.3 Å². The summed E-state index contributed by atoms with van der Waals surface area (Å²) in [6.45, 7) is 0. The van der Waals surface area contributed by atoms with Crippen LogP contribution in [0.1, 0.15) is 7.43 Å². The highest BCUT2D eigenvalue weighted by atomic mass is 32.3. The van der Waals surface area contributed by atoms with Crippen LogP contribution in [-0.4, -0.2) is 33.3 Å². The van der Waals surface area contributed by atoms with E-state index in [1.165, 1.54) is 0 Å². The summed E-state index contributed by atoms with van der Waals surface area (Å²) in [6.07, 6.45) is 0. The number of alkyl halides is 6. The van der Waals surface area contributed by atoms with Gasteiger partial charge in [0.15, 0.2) is 0 Å². The highest BCUT2D eigenvalue weighted by Gasteiger charge is 2.86. The fraction of sp³-hybridized carbons (Fsp3) is 1.00. The van der Waals surface area contributed by atoms with Crippen LogP contribution in [-0.2, 0) is 20.0 Å². The minimum Gasteiger partial charge on any atom is -0.205 e. The van der Waals surface area contributed by atoms with Crippen LogP contribution in [0.4, 0.5) is 26.3 Å². The van der Waals surface area contributed by atoms with Crippen molar-refractivity contribution in [1.82, 2.24) is 4.13 Å². The van der Waals surface area contributed by atoms with E-state index in [4.69, 9.17) is 0 Å². The van der Waals surface area contributed by atoms with Crippen LogP contribution in [0.2, 0.25) is 0 Å². The van der Waals surface area contributed by atoms with E-state index < -0.39 is 36.5 Å². The van der Waals surface area contributed by atoms with Crippen molar-refractivity contribution in [2.24, 2.45) is 0 Å². The molecule has 17 heavy (non-hydrogen) atoms. The summed E-state index contributed by atoms with van der Waals surface area (Å²) >= 11 is 0. The summed E-state index contributed by atoms with van der Waals surface area (Å²) in [5.41, 5.74) is 0. The molecule has 5 nitrogen and oxygen atoms in total. The number of halogens is 6. The Balaban J connectivity index is 0.00000256. The lowest BCUT2D eigenvalue weighted by atomic mass is 10.3. The van der Waals surface area contributed by atoms with E-state index in [-0.39, 0.29) is 11.6 Å². The van der Waals surface area contributed by atoms with Gasteiger partial charge in [-0.25, -0.2) is 16.8 Å². The van der Waals surface area contributed by atoms with Crippen LogP contribution in [0.25, 0.3) is 0 Å². The number of sulfonamides is 2. The first-order valence-corrected chi connectivity index (χ1v) is 6.08. The summed E-state index contributed by atoms with van der Waals surface area (Å²) in [6, 6.07) is 0. The van der Waals surface area contributed by atoms with Gasteiger partial charge in [-0.15, -0.1) is 0 Å². The molecule has 0 atom stereocenters. The lowest BCUT2D eigenvalue weighted by molar-refractivity contribution is -0.246. The molecule has 104 valence electrons. The van der Waals surface area contributed by atoms with Gasteiger partial charge in [-0.2, -0.15) is 26.3 Å². The first kappa shape index (κ1) is 16.4. The van der Waals surface area contributed by atoms with Gasteiger partial charge in [0.05, 0.1) is 0 Å². The summed E-state index contributed by atoms with van der Waals surface area (Å²) < 4.78 is 116. The fourth-order valence-electron chi connectivity index (χ4n) is 0.756. The van der Waals surface area contributed by atoms with E-state index in [2.05, 4.69) is 0 Å². The number of nitrogens with one attached hydrogen (secondary N) is 1. The second-order valence-corrected chi connectivity index (χ2v) is 6.40. The zero-order chi connectivity index (χ0) is 13.2. The molecule has 0 spiro atoms. The maximum atomic E-state index is 12.5. The van der Waals surface area contributed by atoms with Crippen molar-refractivity contribution in [1.29, 1.82) is 0 Å². The molecular weight excluding hydrogens is 304 g/mol. The van der Waals surface area contributed by atoms with Gasteiger partial charge in [-0.1, -0.05) is 11.6 Å². The lowest BCUT2D eigenvalue weighted by Crippen LogP contribution is -2.70. The second kappa shape index (κ2) is 3.47. The number of rotatable bonds is 0. The molecule has 13 heteroatoms. The first-order chi connectivity index (χ1) is 6.71. The van der Waals surface area contributed by atoms with E-state index in [0.717, 1.165) is 0 Å². The third-order valence-electron chi connectivity index (χ3n) is 1.63. The van der Waals surface area contributed by atoms with Gasteiger partial charge in [0, 0.05) is 0 Å². The molecular formula is C4H5F6NO4S2. The quantitative estimate of drug-likeness (QED) is 0.668. The SMILES string of the molecule is C.O=S1(=O)NS(=O)(=O)C(F)(F)C(F)(F)C1(F)F. The van der Waals surface area contributed by atoms with Crippen molar-refractivity contribution in [2.45, 2.75) is 23.9 Å². The van der Waals surface area contributed by atoms with Crippen molar-refractivity contribution in [3.8, 4) is 0 Å². The van der Waals surface area contributed by atoms with Gasteiger partial charge in [0.2, 0.25) is 0 Å². The standard InChI is InChI=1S/C3HF6NO4S2.CH4/c4-1(5)2(6,7)15(11,12)10-16(13,14)3(1,8)9;/h10H;1H4. The molecule has 0 aliphatic carbocycles. The molecule has 0 amide bonds. The third kappa shape index (κ3) is 1.62. The molecule has 1 saturated heterocycles. The minimum absolute atomic E-state index is 0. The maximum absolute atomic E-state index is 12.5. The Morgan fingerprint density at radius 1 is 0.706 bits per heavy atom. The van der Waals surface area contributed by atoms with Crippen LogP contribution in [0.5, 0.6) is 0 Å². The molecule has 1 aliphatic heterocycles. The molecule has 0 saturated carbocycles. The Morgan fingerprint density at radius 3 is 1.18 bits per heavy atom. The van der Waals surface area contributed by atoms with Crippen LogP contribution >= 0.6 is 0 Å². The normalized spacial score (nSPS) is 31.2. The first-order valence-electron chi connectivity index (χ1n) is 3.12. The van der Waals surface area contributed by atoms with Gasteiger partial charge < -0.3 is 0 Å². The molecule has 1 fully saturated rings. The highest BCUT2D eigenvalue weighted by molar-refractivity contribution is 8.06. The summed E-state index contributed by atoms with van der Waals surface area (Å²) in [5, 5.41) is -12.5. The summed E-state index contributed by atoms with van der Waals surface area (Å²) in [5.74, 6) is -6.57. The molecule has 1 heterocycles. The predicted molar refractivity (Wildman–Crippen MR) is 42.5 cm³/mol. The lowest BCUT2D eigenvalue weighted by Gasteiger charge is -2.35. The van der Waals surface area contributed by atoms with E-state index in [1.807, 2.05) is 0 Å².